The molecule has 0 bridgehead atoms. The maximum atomic E-state index is 2.38. The summed E-state index contributed by atoms with van der Waals surface area (Å²) in [5.74, 6) is 0. The van der Waals surface area contributed by atoms with Gasteiger partial charge in [-0.05, 0) is 66.7 Å². The molecule has 0 spiro atoms. The Morgan fingerprint density at radius 1 is 1.05 bits per heavy atom. The lowest BCUT2D eigenvalue weighted by molar-refractivity contribution is 0.506. The smallest absolute Gasteiger partial charge is 0.0106 e. The van der Waals surface area contributed by atoms with Crippen LogP contribution >= 0.6 is 0 Å². The fraction of sp³-hybridized carbons (Fsp3) is 0.455. The van der Waals surface area contributed by atoms with E-state index in [0.717, 1.165) is 6.42 Å². The molecule has 0 amide bonds. The SMILES string of the molecule is CCC(C)(C)c1ccc(CCCC2=CCC=CC=C2C)cc1. The van der Waals surface area contributed by atoms with Gasteiger partial charge >= 0.3 is 0 Å². The molecule has 0 atom stereocenters. The summed E-state index contributed by atoms with van der Waals surface area (Å²) in [5.41, 5.74) is 6.15. The molecule has 1 aromatic carbocycles. The van der Waals surface area contributed by atoms with Gasteiger partial charge in [-0.2, -0.15) is 0 Å². The van der Waals surface area contributed by atoms with Gasteiger partial charge in [0.15, 0.2) is 0 Å². The van der Waals surface area contributed by atoms with E-state index in [1.165, 1.54) is 48.0 Å². The molecule has 2 rings (SSSR count). The number of hydrogen-bond donors (Lipinski definition) is 0. The Kier molecular flexibility index (Phi) is 5.83. The predicted molar refractivity (Wildman–Crippen MR) is 98.3 cm³/mol. The van der Waals surface area contributed by atoms with Crippen LogP contribution in [-0.2, 0) is 11.8 Å². The largest absolute Gasteiger partial charge is 0.0807 e. The van der Waals surface area contributed by atoms with Crippen LogP contribution in [0.4, 0.5) is 0 Å². The maximum Gasteiger partial charge on any atom is -0.0106 e. The number of benzene rings is 1. The van der Waals surface area contributed by atoms with E-state index in [0.29, 0.717) is 5.41 Å². The molecule has 118 valence electrons. The Bertz CT molecular complexity index is 565. The molecular formula is C22H30. The van der Waals surface area contributed by atoms with Crippen molar-refractivity contribution in [2.24, 2.45) is 0 Å². The lowest BCUT2D eigenvalue weighted by atomic mass is 9.82. The average Bonchev–Trinajstić information content (AvgIpc) is 2.73. The van der Waals surface area contributed by atoms with Gasteiger partial charge in [-0.15, -0.1) is 0 Å². The lowest BCUT2D eigenvalue weighted by Gasteiger charge is -2.23. The molecule has 0 heterocycles. The van der Waals surface area contributed by atoms with Crippen molar-refractivity contribution in [1.82, 2.24) is 0 Å². The van der Waals surface area contributed by atoms with Gasteiger partial charge < -0.3 is 0 Å². The molecule has 1 aliphatic rings. The fourth-order valence-corrected chi connectivity index (χ4v) is 2.88. The van der Waals surface area contributed by atoms with E-state index in [2.05, 4.69) is 76.3 Å². The minimum atomic E-state index is 0.290. The van der Waals surface area contributed by atoms with E-state index in [1.807, 2.05) is 0 Å². The molecule has 0 unspecified atom stereocenters. The molecule has 0 aliphatic heterocycles. The second-order valence-electron chi connectivity index (χ2n) is 7.03. The Morgan fingerprint density at radius 2 is 1.77 bits per heavy atom. The van der Waals surface area contributed by atoms with Crippen LogP contribution < -0.4 is 0 Å². The maximum absolute atomic E-state index is 2.38. The number of aryl methyl sites for hydroxylation is 1. The van der Waals surface area contributed by atoms with E-state index in [1.54, 1.807) is 0 Å². The summed E-state index contributed by atoms with van der Waals surface area (Å²) in [7, 11) is 0. The van der Waals surface area contributed by atoms with Crippen LogP contribution in [-0.4, -0.2) is 0 Å². The second-order valence-corrected chi connectivity index (χ2v) is 7.03. The van der Waals surface area contributed by atoms with E-state index < -0.39 is 0 Å². The summed E-state index contributed by atoms with van der Waals surface area (Å²) >= 11 is 0. The summed E-state index contributed by atoms with van der Waals surface area (Å²) < 4.78 is 0. The minimum absolute atomic E-state index is 0.290. The van der Waals surface area contributed by atoms with Crippen LogP contribution in [0.15, 0.2) is 59.7 Å². The van der Waals surface area contributed by atoms with Gasteiger partial charge in [0.25, 0.3) is 0 Å². The highest BCUT2D eigenvalue weighted by Gasteiger charge is 2.17. The molecule has 22 heavy (non-hydrogen) atoms. The molecule has 0 heteroatoms. The van der Waals surface area contributed by atoms with Crippen molar-refractivity contribution >= 4 is 0 Å². The van der Waals surface area contributed by atoms with Gasteiger partial charge in [-0.3, -0.25) is 0 Å². The Labute approximate surface area is 136 Å². The van der Waals surface area contributed by atoms with Gasteiger partial charge in [0, 0.05) is 0 Å². The van der Waals surface area contributed by atoms with E-state index in [-0.39, 0.29) is 0 Å². The Balaban J connectivity index is 1.89. The molecule has 1 aromatic rings. The third-order valence-electron chi connectivity index (χ3n) is 5.02. The predicted octanol–water partition coefficient (Wildman–Crippen LogP) is 6.53. The van der Waals surface area contributed by atoms with Gasteiger partial charge in [-0.25, -0.2) is 0 Å². The van der Waals surface area contributed by atoms with Crippen LogP contribution in [0.3, 0.4) is 0 Å². The quantitative estimate of drug-likeness (QED) is 0.559. The van der Waals surface area contributed by atoms with Crippen molar-refractivity contribution in [1.29, 1.82) is 0 Å². The van der Waals surface area contributed by atoms with E-state index in [9.17, 15) is 0 Å². The molecule has 0 saturated heterocycles. The second kappa shape index (κ2) is 7.63. The normalized spacial score (nSPS) is 15.3. The first-order valence-corrected chi connectivity index (χ1v) is 8.65. The van der Waals surface area contributed by atoms with Crippen LogP contribution in [0.2, 0.25) is 0 Å². The van der Waals surface area contributed by atoms with Crippen LogP contribution in [0.1, 0.15) is 64.5 Å². The zero-order valence-electron chi connectivity index (χ0n) is 14.7. The molecular weight excluding hydrogens is 264 g/mol. The molecule has 1 aliphatic carbocycles. The van der Waals surface area contributed by atoms with Crippen molar-refractivity contribution in [3.63, 3.8) is 0 Å². The van der Waals surface area contributed by atoms with Crippen molar-refractivity contribution in [3.05, 3.63) is 70.8 Å². The zero-order chi connectivity index (χ0) is 16.0. The van der Waals surface area contributed by atoms with Gasteiger partial charge in [-0.1, -0.05) is 69.3 Å². The Morgan fingerprint density at radius 3 is 2.45 bits per heavy atom. The van der Waals surface area contributed by atoms with E-state index >= 15 is 0 Å². The molecule has 0 fully saturated rings. The fourth-order valence-electron chi connectivity index (χ4n) is 2.88. The first kappa shape index (κ1) is 16.8. The number of allylic oxidation sites excluding steroid dienone is 6. The highest BCUT2D eigenvalue weighted by molar-refractivity contribution is 5.35. The summed E-state index contributed by atoms with van der Waals surface area (Å²) in [5, 5.41) is 0. The third kappa shape index (κ3) is 4.47. The van der Waals surface area contributed by atoms with Crippen molar-refractivity contribution in [3.8, 4) is 0 Å². The van der Waals surface area contributed by atoms with Gasteiger partial charge in [0.1, 0.15) is 0 Å². The molecule has 0 aromatic heterocycles. The summed E-state index contributed by atoms with van der Waals surface area (Å²) in [6, 6.07) is 9.27. The monoisotopic (exact) mass is 294 g/mol. The highest BCUT2D eigenvalue weighted by atomic mass is 14.2. The number of hydrogen-bond acceptors (Lipinski definition) is 0. The van der Waals surface area contributed by atoms with Gasteiger partial charge in [0.2, 0.25) is 0 Å². The average molecular weight is 294 g/mol. The van der Waals surface area contributed by atoms with E-state index in [4.69, 9.17) is 0 Å². The number of rotatable bonds is 6. The highest BCUT2D eigenvalue weighted by Crippen LogP contribution is 2.27. The third-order valence-corrected chi connectivity index (χ3v) is 5.02. The van der Waals surface area contributed by atoms with Crippen molar-refractivity contribution in [2.75, 3.05) is 0 Å². The summed E-state index contributed by atoms with van der Waals surface area (Å²) in [6.07, 6.45) is 14.9. The Hall–Kier alpha value is -1.56. The van der Waals surface area contributed by atoms with Crippen molar-refractivity contribution in [2.45, 2.75) is 65.2 Å². The van der Waals surface area contributed by atoms with Gasteiger partial charge in [0.05, 0.1) is 0 Å². The molecule has 0 nitrogen and oxygen atoms in total. The summed E-state index contributed by atoms with van der Waals surface area (Å²) in [4.78, 5) is 0. The standard InChI is InChI=1S/C22H30/c1-5-22(3,4)21-16-14-19(15-17-21)11-9-13-20-12-8-6-7-10-18(20)2/h6-7,10,12,14-17H,5,8-9,11,13H2,1-4H3. The lowest BCUT2D eigenvalue weighted by Crippen LogP contribution is -2.15. The first-order valence-electron chi connectivity index (χ1n) is 8.65. The van der Waals surface area contributed by atoms with Crippen LogP contribution in [0, 0.1) is 0 Å². The van der Waals surface area contributed by atoms with Crippen LogP contribution in [0.25, 0.3) is 0 Å². The first-order chi connectivity index (χ1) is 10.5. The van der Waals surface area contributed by atoms with Crippen molar-refractivity contribution < 1.29 is 0 Å². The topological polar surface area (TPSA) is 0 Å². The molecule has 0 radical (unpaired) electrons. The van der Waals surface area contributed by atoms with Crippen LogP contribution in [0.5, 0.6) is 0 Å². The minimum Gasteiger partial charge on any atom is -0.0807 e. The molecule has 0 saturated carbocycles. The zero-order valence-corrected chi connectivity index (χ0v) is 14.7. The summed E-state index contributed by atoms with van der Waals surface area (Å²) in [6.45, 7) is 9.13. The molecule has 0 N–H and O–H groups in total.